The molecule has 1 aliphatic heterocycles. The van der Waals surface area contributed by atoms with E-state index in [1.165, 1.54) is 25.9 Å². The van der Waals surface area contributed by atoms with E-state index < -0.39 is 0 Å². The zero-order valence-electron chi connectivity index (χ0n) is 16.9. The van der Waals surface area contributed by atoms with Gasteiger partial charge in [-0.2, -0.15) is 0 Å². The number of likely N-dealkylation sites (tertiary alicyclic amines) is 1. The Balaban J connectivity index is 0.00000280. The quantitative estimate of drug-likeness (QED) is 0.331. The summed E-state index contributed by atoms with van der Waals surface area (Å²) < 4.78 is 5.59. The fourth-order valence-corrected chi connectivity index (χ4v) is 3.34. The molecule has 1 saturated heterocycles. The van der Waals surface area contributed by atoms with Gasteiger partial charge in [-0.15, -0.1) is 24.0 Å². The lowest BCUT2D eigenvalue weighted by molar-refractivity contribution is 0.287. The molecule has 0 saturated carbocycles. The molecule has 6 nitrogen and oxygen atoms in total. The van der Waals surface area contributed by atoms with Crippen LogP contribution >= 0.6 is 24.0 Å². The van der Waals surface area contributed by atoms with Gasteiger partial charge < -0.3 is 20.0 Å². The molecule has 1 aromatic heterocycles. The van der Waals surface area contributed by atoms with E-state index in [4.69, 9.17) is 4.42 Å². The van der Waals surface area contributed by atoms with Crippen LogP contribution in [0.1, 0.15) is 32.4 Å². The van der Waals surface area contributed by atoms with Crippen molar-refractivity contribution in [3.05, 3.63) is 42.3 Å². The Morgan fingerprint density at radius 1 is 1.21 bits per heavy atom. The summed E-state index contributed by atoms with van der Waals surface area (Å²) in [6.45, 7) is 10.2. The van der Waals surface area contributed by atoms with E-state index in [0.717, 1.165) is 36.9 Å². The van der Waals surface area contributed by atoms with Gasteiger partial charge in [0.2, 0.25) is 5.89 Å². The summed E-state index contributed by atoms with van der Waals surface area (Å²) in [4.78, 5) is 11.7. The van der Waals surface area contributed by atoms with E-state index in [-0.39, 0.29) is 24.0 Å². The summed E-state index contributed by atoms with van der Waals surface area (Å²) in [6.07, 6.45) is 4.37. The molecule has 3 rings (SSSR count). The highest BCUT2D eigenvalue weighted by molar-refractivity contribution is 14.0. The molecule has 154 valence electrons. The van der Waals surface area contributed by atoms with Crippen LogP contribution in [-0.2, 0) is 6.54 Å². The molecule has 0 spiro atoms. The van der Waals surface area contributed by atoms with Crippen LogP contribution in [0.4, 0.5) is 0 Å². The fraction of sp³-hybridized carbons (Fsp3) is 0.524. The maximum absolute atomic E-state index is 5.59. The van der Waals surface area contributed by atoms with Gasteiger partial charge in [0.05, 0.1) is 6.54 Å². The van der Waals surface area contributed by atoms with Gasteiger partial charge in [0.25, 0.3) is 0 Å². The van der Waals surface area contributed by atoms with Crippen molar-refractivity contribution >= 4 is 29.9 Å². The van der Waals surface area contributed by atoms with Crippen molar-refractivity contribution in [2.75, 3.05) is 32.7 Å². The number of oxazole rings is 1. The van der Waals surface area contributed by atoms with Gasteiger partial charge in [-0.1, -0.05) is 25.1 Å². The van der Waals surface area contributed by atoms with Crippen LogP contribution in [0.25, 0.3) is 11.5 Å². The molecule has 7 heteroatoms. The average Bonchev–Trinajstić information content (AvgIpc) is 3.37. The van der Waals surface area contributed by atoms with E-state index >= 15 is 0 Å². The predicted octanol–water partition coefficient (Wildman–Crippen LogP) is 3.75. The Morgan fingerprint density at radius 2 is 1.96 bits per heavy atom. The van der Waals surface area contributed by atoms with Crippen LogP contribution in [0, 0.1) is 5.92 Å². The Hall–Kier alpha value is -1.61. The molecule has 1 unspecified atom stereocenters. The lowest BCUT2D eigenvalue weighted by Crippen LogP contribution is -2.41. The predicted molar refractivity (Wildman–Crippen MR) is 125 cm³/mol. The standard InChI is InChI=1S/C21H31N5O.HI/c1-3-22-21(23-13-17(2)15-26-11-7-8-12-26)24-14-19-16-27-20(25-19)18-9-5-4-6-10-18;/h4-6,9-10,16-17H,3,7-8,11-15H2,1-2H3,(H2,22,23,24);1H. The first-order chi connectivity index (χ1) is 13.2. The molecule has 2 N–H and O–H groups in total. The highest BCUT2D eigenvalue weighted by Gasteiger charge is 2.14. The topological polar surface area (TPSA) is 65.7 Å². The van der Waals surface area contributed by atoms with Crippen molar-refractivity contribution in [2.45, 2.75) is 33.2 Å². The maximum Gasteiger partial charge on any atom is 0.226 e. The summed E-state index contributed by atoms with van der Waals surface area (Å²) >= 11 is 0. The molecule has 0 radical (unpaired) electrons. The summed E-state index contributed by atoms with van der Waals surface area (Å²) in [6, 6.07) is 9.93. The van der Waals surface area contributed by atoms with Crippen LogP contribution in [0.2, 0.25) is 0 Å². The maximum atomic E-state index is 5.59. The SMILES string of the molecule is CCNC(=NCc1coc(-c2ccccc2)n1)NCC(C)CN1CCCC1.I. The van der Waals surface area contributed by atoms with Gasteiger partial charge in [0.15, 0.2) is 5.96 Å². The number of aliphatic imine (C=N–C) groups is 1. The number of hydrogen-bond acceptors (Lipinski definition) is 4. The molecule has 1 atom stereocenters. The van der Waals surface area contributed by atoms with Crippen LogP contribution in [0.5, 0.6) is 0 Å². The summed E-state index contributed by atoms with van der Waals surface area (Å²) in [5.74, 6) is 2.05. The average molecular weight is 497 g/mol. The monoisotopic (exact) mass is 497 g/mol. The Morgan fingerprint density at radius 3 is 2.68 bits per heavy atom. The van der Waals surface area contributed by atoms with Gasteiger partial charge in [0.1, 0.15) is 12.0 Å². The third-order valence-corrected chi connectivity index (χ3v) is 4.70. The number of guanidine groups is 1. The molecule has 2 aromatic rings. The summed E-state index contributed by atoms with van der Waals surface area (Å²) in [5, 5.41) is 6.76. The normalized spacial score (nSPS) is 15.9. The lowest BCUT2D eigenvalue weighted by atomic mass is 10.1. The fourth-order valence-electron chi connectivity index (χ4n) is 3.34. The van der Waals surface area contributed by atoms with Crippen molar-refractivity contribution in [3.8, 4) is 11.5 Å². The van der Waals surface area contributed by atoms with E-state index in [0.29, 0.717) is 18.4 Å². The largest absolute Gasteiger partial charge is 0.444 e. The van der Waals surface area contributed by atoms with E-state index in [9.17, 15) is 0 Å². The minimum absolute atomic E-state index is 0. The second kappa shape index (κ2) is 12.1. The van der Waals surface area contributed by atoms with Crippen LogP contribution in [-0.4, -0.2) is 48.6 Å². The van der Waals surface area contributed by atoms with E-state index in [2.05, 4.69) is 39.4 Å². The zero-order valence-corrected chi connectivity index (χ0v) is 19.2. The highest BCUT2D eigenvalue weighted by atomic mass is 127. The Bertz CT molecular complexity index is 713. The lowest BCUT2D eigenvalue weighted by Gasteiger charge is -2.21. The minimum atomic E-state index is 0. The molecular weight excluding hydrogens is 465 g/mol. The molecule has 1 aliphatic rings. The third kappa shape index (κ3) is 7.09. The Kier molecular flexibility index (Phi) is 9.77. The number of hydrogen-bond donors (Lipinski definition) is 2. The minimum Gasteiger partial charge on any atom is -0.444 e. The molecular formula is C21H32IN5O. The smallest absolute Gasteiger partial charge is 0.226 e. The first-order valence-electron chi connectivity index (χ1n) is 9.99. The molecule has 28 heavy (non-hydrogen) atoms. The van der Waals surface area contributed by atoms with Crippen LogP contribution in [0.15, 0.2) is 46.0 Å². The summed E-state index contributed by atoms with van der Waals surface area (Å²) in [5.41, 5.74) is 1.81. The number of nitrogens with one attached hydrogen (secondary N) is 2. The van der Waals surface area contributed by atoms with Crippen LogP contribution < -0.4 is 10.6 Å². The van der Waals surface area contributed by atoms with E-state index in [1.54, 1.807) is 6.26 Å². The van der Waals surface area contributed by atoms with Gasteiger partial charge in [-0.05, 0) is 50.9 Å². The van der Waals surface area contributed by atoms with Crippen molar-refractivity contribution in [1.29, 1.82) is 0 Å². The summed E-state index contributed by atoms with van der Waals surface area (Å²) in [7, 11) is 0. The molecule has 0 aliphatic carbocycles. The molecule has 2 heterocycles. The zero-order chi connectivity index (χ0) is 18.9. The van der Waals surface area contributed by atoms with E-state index in [1.807, 2.05) is 30.3 Å². The molecule has 0 bridgehead atoms. The number of nitrogens with zero attached hydrogens (tertiary/aromatic N) is 3. The number of halogens is 1. The van der Waals surface area contributed by atoms with Crippen molar-refractivity contribution in [1.82, 2.24) is 20.5 Å². The van der Waals surface area contributed by atoms with Crippen molar-refractivity contribution < 1.29 is 4.42 Å². The third-order valence-electron chi connectivity index (χ3n) is 4.70. The van der Waals surface area contributed by atoms with Crippen molar-refractivity contribution in [3.63, 3.8) is 0 Å². The number of aromatic nitrogens is 1. The van der Waals surface area contributed by atoms with Gasteiger partial charge >= 0.3 is 0 Å². The Labute approximate surface area is 185 Å². The molecule has 0 amide bonds. The van der Waals surface area contributed by atoms with Crippen molar-refractivity contribution in [2.24, 2.45) is 10.9 Å². The second-order valence-corrected chi connectivity index (χ2v) is 7.20. The molecule has 1 fully saturated rings. The second-order valence-electron chi connectivity index (χ2n) is 7.20. The molecule has 1 aromatic carbocycles. The first kappa shape index (κ1) is 22.7. The van der Waals surface area contributed by atoms with Crippen LogP contribution in [0.3, 0.4) is 0 Å². The first-order valence-corrected chi connectivity index (χ1v) is 9.99. The number of benzene rings is 1. The van der Waals surface area contributed by atoms with Gasteiger partial charge in [-0.3, -0.25) is 0 Å². The van der Waals surface area contributed by atoms with Gasteiger partial charge in [0, 0.05) is 25.2 Å². The highest BCUT2D eigenvalue weighted by Crippen LogP contribution is 2.18. The number of rotatable bonds is 8. The van der Waals surface area contributed by atoms with Gasteiger partial charge in [-0.25, -0.2) is 9.98 Å².